The second-order valence-electron chi connectivity index (χ2n) is 8.59. The average molecular weight is 494 g/mol. The summed E-state index contributed by atoms with van der Waals surface area (Å²) in [6, 6.07) is 16.1. The van der Waals surface area contributed by atoms with Gasteiger partial charge >= 0.3 is 12.1 Å². The SMILES string of the molecule is Cc1nsc(NC(=O)CCCC(C)NC(=O)OCC2c3ccccc3-c3ccccc32)c1C(=O)O. The largest absolute Gasteiger partial charge is 0.478 e. The number of amides is 2. The van der Waals surface area contributed by atoms with Crippen molar-refractivity contribution in [1.82, 2.24) is 9.69 Å². The van der Waals surface area contributed by atoms with Gasteiger partial charge in [-0.1, -0.05) is 48.5 Å². The minimum absolute atomic E-state index is 0.00164. The van der Waals surface area contributed by atoms with Crippen LogP contribution >= 0.6 is 11.5 Å². The van der Waals surface area contributed by atoms with Gasteiger partial charge in [0.25, 0.3) is 0 Å². The second kappa shape index (κ2) is 10.7. The van der Waals surface area contributed by atoms with Gasteiger partial charge in [0.1, 0.15) is 17.2 Å². The minimum Gasteiger partial charge on any atom is -0.478 e. The summed E-state index contributed by atoms with van der Waals surface area (Å²) in [6.07, 6.45) is 0.810. The van der Waals surface area contributed by atoms with Crippen molar-refractivity contribution in [3.8, 4) is 11.1 Å². The molecule has 3 N–H and O–H groups in total. The molecule has 0 aliphatic heterocycles. The van der Waals surface area contributed by atoms with E-state index in [4.69, 9.17) is 4.74 Å². The standard InChI is InChI=1S/C26H27N3O5S/c1-15(8-7-13-22(30)28-24-23(25(31)32)16(2)29-35-24)27-26(33)34-14-21-19-11-5-3-9-17(19)18-10-4-6-12-20(18)21/h3-6,9-12,15,21H,7-8,13-14H2,1-2H3,(H,27,33)(H,28,30)(H,31,32). The molecule has 3 aromatic rings. The Labute approximate surface area is 207 Å². The van der Waals surface area contributed by atoms with Crippen LogP contribution in [0.1, 0.15) is 59.3 Å². The van der Waals surface area contributed by atoms with Crippen molar-refractivity contribution in [2.75, 3.05) is 11.9 Å². The molecule has 0 spiro atoms. The van der Waals surface area contributed by atoms with Crippen LogP contribution in [-0.4, -0.2) is 40.1 Å². The van der Waals surface area contributed by atoms with Crippen molar-refractivity contribution in [3.05, 3.63) is 70.9 Å². The number of fused-ring (bicyclic) bond motifs is 3. The van der Waals surface area contributed by atoms with Gasteiger partial charge in [-0.05, 0) is 60.5 Å². The number of aromatic nitrogens is 1. The van der Waals surface area contributed by atoms with Crippen LogP contribution in [0.4, 0.5) is 9.80 Å². The maximum Gasteiger partial charge on any atom is 0.407 e. The molecule has 1 aliphatic carbocycles. The smallest absolute Gasteiger partial charge is 0.407 e. The van der Waals surface area contributed by atoms with E-state index in [0.29, 0.717) is 18.5 Å². The number of carbonyl (C=O) groups is 3. The van der Waals surface area contributed by atoms with Gasteiger partial charge in [0.05, 0.1) is 5.69 Å². The van der Waals surface area contributed by atoms with Crippen LogP contribution < -0.4 is 10.6 Å². The van der Waals surface area contributed by atoms with Crippen LogP contribution in [0.2, 0.25) is 0 Å². The number of aryl methyl sites for hydroxylation is 1. The number of ether oxygens (including phenoxy) is 1. The van der Waals surface area contributed by atoms with E-state index in [1.807, 2.05) is 31.2 Å². The molecule has 4 rings (SSSR count). The number of carboxylic acids is 1. The van der Waals surface area contributed by atoms with E-state index in [1.54, 1.807) is 6.92 Å². The lowest BCUT2D eigenvalue weighted by Crippen LogP contribution is -2.34. The van der Waals surface area contributed by atoms with Crippen molar-refractivity contribution in [3.63, 3.8) is 0 Å². The summed E-state index contributed by atoms with van der Waals surface area (Å²) in [6.45, 7) is 3.69. The van der Waals surface area contributed by atoms with Crippen LogP contribution in [-0.2, 0) is 9.53 Å². The zero-order valence-electron chi connectivity index (χ0n) is 19.5. The fourth-order valence-electron chi connectivity index (χ4n) is 4.38. The van der Waals surface area contributed by atoms with Crippen LogP contribution in [0.3, 0.4) is 0 Å². The van der Waals surface area contributed by atoms with E-state index in [0.717, 1.165) is 22.7 Å². The molecule has 0 radical (unpaired) electrons. The third kappa shape index (κ3) is 5.51. The summed E-state index contributed by atoms with van der Waals surface area (Å²) in [5, 5.41) is 14.9. The number of benzene rings is 2. The lowest BCUT2D eigenvalue weighted by atomic mass is 9.98. The zero-order valence-corrected chi connectivity index (χ0v) is 20.4. The van der Waals surface area contributed by atoms with E-state index >= 15 is 0 Å². The number of hydrogen-bond acceptors (Lipinski definition) is 6. The second-order valence-corrected chi connectivity index (χ2v) is 9.36. The molecule has 182 valence electrons. The van der Waals surface area contributed by atoms with Gasteiger partial charge in [0.2, 0.25) is 5.91 Å². The van der Waals surface area contributed by atoms with Gasteiger partial charge in [-0.2, -0.15) is 4.37 Å². The third-order valence-corrected chi connectivity index (χ3v) is 6.93. The molecular weight excluding hydrogens is 466 g/mol. The Morgan fingerprint density at radius 3 is 2.34 bits per heavy atom. The van der Waals surface area contributed by atoms with Crippen LogP contribution in [0.15, 0.2) is 48.5 Å². The Morgan fingerprint density at radius 1 is 1.09 bits per heavy atom. The molecule has 0 saturated carbocycles. The summed E-state index contributed by atoms with van der Waals surface area (Å²) in [5.74, 6) is -1.41. The Balaban J connectivity index is 1.22. The molecule has 0 bridgehead atoms. The van der Waals surface area contributed by atoms with Crippen molar-refractivity contribution < 1.29 is 24.2 Å². The summed E-state index contributed by atoms with van der Waals surface area (Å²) >= 11 is 0.952. The Bertz CT molecular complexity index is 1210. The summed E-state index contributed by atoms with van der Waals surface area (Å²) < 4.78 is 9.55. The number of carbonyl (C=O) groups excluding carboxylic acids is 2. The number of nitrogens with one attached hydrogen (secondary N) is 2. The average Bonchev–Trinajstić information content (AvgIpc) is 3.35. The molecular formula is C26H27N3O5S. The number of anilines is 1. The molecule has 1 aliphatic rings. The number of rotatable bonds is 9. The molecule has 1 heterocycles. The highest BCUT2D eigenvalue weighted by Crippen LogP contribution is 2.44. The lowest BCUT2D eigenvalue weighted by molar-refractivity contribution is -0.116. The molecule has 8 nitrogen and oxygen atoms in total. The zero-order chi connectivity index (χ0) is 24.9. The van der Waals surface area contributed by atoms with E-state index in [9.17, 15) is 19.5 Å². The Kier molecular flexibility index (Phi) is 7.45. The first-order chi connectivity index (χ1) is 16.8. The number of hydrogen-bond donors (Lipinski definition) is 3. The van der Waals surface area contributed by atoms with Gasteiger partial charge in [0, 0.05) is 18.4 Å². The summed E-state index contributed by atoms with van der Waals surface area (Å²) in [4.78, 5) is 35.9. The van der Waals surface area contributed by atoms with Crippen molar-refractivity contribution in [2.24, 2.45) is 0 Å². The van der Waals surface area contributed by atoms with Crippen LogP contribution in [0.5, 0.6) is 0 Å². The number of alkyl carbamates (subject to hydrolysis) is 1. The maximum atomic E-state index is 12.4. The van der Waals surface area contributed by atoms with Crippen molar-refractivity contribution in [2.45, 2.75) is 45.1 Å². The first-order valence-corrected chi connectivity index (χ1v) is 12.2. The van der Waals surface area contributed by atoms with Crippen LogP contribution in [0, 0.1) is 6.92 Å². The van der Waals surface area contributed by atoms with Crippen LogP contribution in [0.25, 0.3) is 11.1 Å². The van der Waals surface area contributed by atoms with Gasteiger partial charge in [-0.3, -0.25) is 4.79 Å². The predicted molar refractivity (Wildman–Crippen MR) is 134 cm³/mol. The molecule has 1 unspecified atom stereocenters. The molecule has 1 aromatic heterocycles. The van der Waals surface area contributed by atoms with E-state index in [-0.39, 0.29) is 41.5 Å². The molecule has 35 heavy (non-hydrogen) atoms. The van der Waals surface area contributed by atoms with Crippen molar-refractivity contribution in [1.29, 1.82) is 0 Å². The van der Waals surface area contributed by atoms with E-state index < -0.39 is 12.1 Å². The monoisotopic (exact) mass is 493 g/mol. The fourth-order valence-corrected chi connectivity index (χ4v) is 5.18. The van der Waals surface area contributed by atoms with Gasteiger partial charge in [-0.25, -0.2) is 9.59 Å². The number of nitrogens with zero attached hydrogens (tertiary/aromatic N) is 1. The lowest BCUT2D eigenvalue weighted by Gasteiger charge is -2.17. The molecule has 2 amide bonds. The molecule has 0 saturated heterocycles. The third-order valence-electron chi connectivity index (χ3n) is 6.08. The van der Waals surface area contributed by atoms with Gasteiger partial charge < -0.3 is 20.5 Å². The number of aromatic carboxylic acids is 1. The molecule has 0 fully saturated rings. The minimum atomic E-state index is -1.12. The highest BCUT2D eigenvalue weighted by atomic mass is 32.1. The van der Waals surface area contributed by atoms with Gasteiger partial charge in [0.15, 0.2) is 0 Å². The first-order valence-electron chi connectivity index (χ1n) is 11.5. The van der Waals surface area contributed by atoms with E-state index in [1.165, 1.54) is 11.1 Å². The summed E-state index contributed by atoms with van der Waals surface area (Å²) in [5.41, 5.74) is 5.05. The Morgan fingerprint density at radius 2 is 1.71 bits per heavy atom. The topological polar surface area (TPSA) is 118 Å². The molecule has 1 atom stereocenters. The molecule has 2 aromatic carbocycles. The predicted octanol–water partition coefficient (Wildman–Crippen LogP) is 5.19. The van der Waals surface area contributed by atoms with E-state index in [2.05, 4.69) is 39.3 Å². The first kappa shape index (κ1) is 24.4. The maximum absolute atomic E-state index is 12.4. The highest BCUT2D eigenvalue weighted by molar-refractivity contribution is 7.11. The summed E-state index contributed by atoms with van der Waals surface area (Å²) in [7, 11) is 0. The van der Waals surface area contributed by atoms with Crippen molar-refractivity contribution >= 4 is 34.5 Å². The number of carboxylic acid groups (broad SMARTS) is 1. The normalized spacial score (nSPS) is 13.0. The quantitative estimate of drug-likeness (QED) is 0.378. The fraction of sp³-hybridized carbons (Fsp3) is 0.308. The highest BCUT2D eigenvalue weighted by Gasteiger charge is 2.29. The van der Waals surface area contributed by atoms with Gasteiger partial charge in [-0.15, -0.1) is 0 Å². The molecule has 9 heteroatoms. The Hall–Kier alpha value is -3.72.